The minimum Gasteiger partial charge on any atom is -0.399 e. The highest BCUT2D eigenvalue weighted by molar-refractivity contribution is 5.93. The number of hydrogen-bond donors (Lipinski definition) is 3. The number of nitrogens with two attached hydrogens (primary N) is 1. The monoisotopic (exact) mass is 292 g/mol. The van der Waals surface area contributed by atoms with Crippen LogP contribution in [0, 0.1) is 6.92 Å². The number of likely N-dealkylation sites (N-methyl/N-ethyl adjacent to an activating group) is 1. The van der Waals surface area contributed by atoms with Crippen LogP contribution in [0.3, 0.4) is 0 Å². The van der Waals surface area contributed by atoms with Crippen LogP contribution in [0.1, 0.15) is 18.9 Å². The van der Waals surface area contributed by atoms with Crippen LogP contribution in [0.2, 0.25) is 0 Å². The molecule has 1 aromatic carbocycles. The van der Waals surface area contributed by atoms with Gasteiger partial charge in [-0.05, 0) is 38.1 Å². The summed E-state index contributed by atoms with van der Waals surface area (Å²) < 4.78 is 0. The van der Waals surface area contributed by atoms with E-state index in [9.17, 15) is 9.59 Å². The SMILES string of the molecule is CCCNC(=O)CN(C)CC(=O)Nc1cc(N)ccc1C. The lowest BCUT2D eigenvalue weighted by atomic mass is 10.2. The number of amides is 2. The highest BCUT2D eigenvalue weighted by Gasteiger charge is 2.11. The molecular weight excluding hydrogens is 268 g/mol. The van der Waals surface area contributed by atoms with Crippen molar-refractivity contribution in [1.82, 2.24) is 10.2 Å². The summed E-state index contributed by atoms with van der Waals surface area (Å²) in [6.45, 7) is 4.89. The Balaban J connectivity index is 2.46. The maximum atomic E-state index is 12.0. The zero-order chi connectivity index (χ0) is 15.8. The van der Waals surface area contributed by atoms with Gasteiger partial charge in [0.15, 0.2) is 0 Å². The number of carbonyl (C=O) groups excluding carboxylic acids is 2. The molecule has 1 rings (SSSR count). The minimum atomic E-state index is -0.172. The van der Waals surface area contributed by atoms with Crippen molar-refractivity contribution in [3.8, 4) is 0 Å². The molecule has 0 saturated heterocycles. The van der Waals surface area contributed by atoms with Crippen LogP contribution in [0.15, 0.2) is 18.2 Å². The predicted molar refractivity (Wildman–Crippen MR) is 85.0 cm³/mol. The first-order chi connectivity index (χ1) is 9.92. The molecule has 2 amide bonds. The highest BCUT2D eigenvalue weighted by Crippen LogP contribution is 2.17. The summed E-state index contributed by atoms with van der Waals surface area (Å²) in [5.41, 5.74) is 7.95. The van der Waals surface area contributed by atoms with Crippen molar-refractivity contribution in [3.05, 3.63) is 23.8 Å². The van der Waals surface area contributed by atoms with Crippen LogP contribution < -0.4 is 16.4 Å². The van der Waals surface area contributed by atoms with Gasteiger partial charge in [0.1, 0.15) is 0 Å². The molecule has 0 spiro atoms. The van der Waals surface area contributed by atoms with Gasteiger partial charge in [0.25, 0.3) is 0 Å². The summed E-state index contributed by atoms with van der Waals surface area (Å²) in [7, 11) is 1.73. The molecule has 0 atom stereocenters. The summed E-state index contributed by atoms with van der Waals surface area (Å²) in [6.07, 6.45) is 0.893. The average molecular weight is 292 g/mol. The van der Waals surface area contributed by atoms with Crippen molar-refractivity contribution in [1.29, 1.82) is 0 Å². The summed E-state index contributed by atoms with van der Waals surface area (Å²) >= 11 is 0. The fourth-order valence-corrected chi connectivity index (χ4v) is 1.83. The van der Waals surface area contributed by atoms with Crippen molar-refractivity contribution in [3.63, 3.8) is 0 Å². The lowest BCUT2D eigenvalue weighted by Gasteiger charge is -2.16. The molecule has 0 aliphatic rings. The minimum absolute atomic E-state index is 0.0766. The number of hydrogen-bond acceptors (Lipinski definition) is 4. The van der Waals surface area contributed by atoms with Gasteiger partial charge in [0.05, 0.1) is 13.1 Å². The number of nitrogen functional groups attached to an aromatic ring is 1. The first-order valence-electron chi connectivity index (χ1n) is 7.03. The van der Waals surface area contributed by atoms with E-state index < -0.39 is 0 Å². The summed E-state index contributed by atoms with van der Waals surface area (Å²) in [4.78, 5) is 25.2. The Kier molecular flexibility index (Phi) is 6.68. The van der Waals surface area contributed by atoms with Gasteiger partial charge in [-0.25, -0.2) is 0 Å². The maximum absolute atomic E-state index is 12.0. The molecule has 4 N–H and O–H groups in total. The van der Waals surface area contributed by atoms with Crippen LogP contribution >= 0.6 is 0 Å². The fraction of sp³-hybridized carbons (Fsp3) is 0.467. The van der Waals surface area contributed by atoms with Crippen molar-refractivity contribution in [2.75, 3.05) is 37.7 Å². The van der Waals surface area contributed by atoms with E-state index in [1.807, 2.05) is 19.9 Å². The summed E-state index contributed by atoms with van der Waals surface area (Å²) in [5.74, 6) is -0.248. The zero-order valence-electron chi connectivity index (χ0n) is 12.9. The molecule has 21 heavy (non-hydrogen) atoms. The molecular formula is C15H24N4O2. The topological polar surface area (TPSA) is 87.5 Å². The second-order valence-electron chi connectivity index (χ2n) is 5.14. The van der Waals surface area contributed by atoms with E-state index in [4.69, 9.17) is 5.73 Å². The molecule has 116 valence electrons. The fourth-order valence-electron chi connectivity index (χ4n) is 1.83. The van der Waals surface area contributed by atoms with Crippen molar-refractivity contribution in [2.24, 2.45) is 0 Å². The van der Waals surface area contributed by atoms with Crippen LogP contribution in [0.25, 0.3) is 0 Å². The zero-order valence-corrected chi connectivity index (χ0v) is 12.9. The molecule has 0 saturated carbocycles. The van der Waals surface area contributed by atoms with Gasteiger partial charge in [-0.15, -0.1) is 0 Å². The molecule has 0 aromatic heterocycles. The summed E-state index contributed by atoms with van der Waals surface area (Å²) in [5, 5.41) is 5.58. The number of carbonyl (C=O) groups is 2. The lowest BCUT2D eigenvalue weighted by molar-refractivity contribution is -0.122. The van der Waals surface area contributed by atoms with Crippen LogP contribution in [0.5, 0.6) is 0 Å². The number of nitrogens with one attached hydrogen (secondary N) is 2. The van der Waals surface area contributed by atoms with E-state index in [0.717, 1.165) is 12.0 Å². The Labute approximate surface area is 125 Å². The first-order valence-corrected chi connectivity index (χ1v) is 7.03. The molecule has 6 heteroatoms. The van der Waals surface area contributed by atoms with Crippen molar-refractivity contribution in [2.45, 2.75) is 20.3 Å². The van der Waals surface area contributed by atoms with Crippen LogP contribution in [0.4, 0.5) is 11.4 Å². The Morgan fingerprint density at radius 1 is 1.24 bits per heavy atom. The lowest BCUT2D eigenvalue weighted by Crippen LogP contribution is -2.39. The van der Waals surface area contributed by atoms with Gasteiger partial charge in [0, 0.05) is 17.9 Å². The Hall–Kier alpha value is -2.08. The third kappa shape index (κ3) is 6.27. The molecule has 0 bridgehead atoms. The third-order valence-corrected chi connectivity index (χ3v) is 2.93. The van der Waals surface area contributed by atoms with Gasteiger partial charge in [-0.3, -0.25) is 14.5 Å². The van der Waals surface area contributed by atoms with Gasteiger partial charge in [-0.1, -0.05) is 13.0 Å². The quantitative estimate of drug-likeness (QED) is 0.654. The Bertz CT molecular complexity index is 502. The largest absolute Gasteiger partial charge is 0.399 e. The second kappa shape index (κ2) is 8.26. The van der Waals surface area contributed by atoms with E-state index in [1.54, 1.807) is 24.1 Å². The summed E-state index contributed by atoms with van der Waals surface area (Å²) in [6, 6.07) is 5.36. The molecule has 0 unspecified atom stereocenters. The molecule has 0 heterocycles. The van der Waals surface area contributed by atoms with Crippen LogP contribution in [-0.2, 0) is 9.59 Å². The van der Waals surface area contributed by atoms with Gasteiger partial charge < -0.3 is 16.4 Å². The van der Waals surface area contributed by atoms with Gasteiger partial charge in [-0.2, -0.15) is 0 Å². The number of nitrogens with zero attached hydrogens (tertiary/aromatic N) is 1. The van der Waals surface area contributed by atoms with E-state index in [1.165, 1.54) is 0 Å². The van der Waals surface area contributed by atoms with Gasteiger partial charge in [0.2, 0.25) is 11.8 Å². The standard InChI is InChI=1S/C15H24N4O2/c1-4-7-17-14(20)9-19(3)10-15(21)18-13-8-12(16)6-5-11(13)2/h5-6,8H,4,7,9-10,16H2,1-3H3,(H,17,20)(H,18,21). The third-order valence-electron chi connectivity index (χ3n) is 2.93. The normalized spacial score (nSPS) is 10.5. The molecule has 6 nitrogen and oxygen atoms in total. The van der Waals surface area contributed by atoms with Crippen molar-refractivity contribution >= 4 is 23.2 Å². The number of rotatable bonds is 7. The smallest absolute Gasteiger partial charge is 0.238 e. The molecule has 0 radical (unpaired) electrons. The maximum Gasteiger partial charge on any atom is 0.238 e. The number of benzene rings is 1. The predicted octanol–water partition coefficient (Wildman–Crippen LogP) is 0.974. The highest BCUT2D eigenvalue weighted by atomic mass is 16.2. The van der Waals surface area contributed by atoms with Crippen LogP contribution in [-0.4, -0.2) is 43.4 Å². The Morgan fingerprint density at radius 3 is 2.57 bits per heavy atom. The van der Waals surface area contributed by atoms with E-state index >= 15 is 0 Å². The van der Waals surface area contributed by atoms with Gasteiger partial charge >= 0.3 is 0 Å². The Morgan fingerprint density at radius 2 is 1.90 bits per heavy atom. The number of anilines is 2. The molecule has 0 aliphatic carbocycles. The van der Waals surface area contributed by atoms with E-state index in [-0.39, 0.29) is 24.9 Å². The first kappa shape index (κ1) is 17.0. The van der Waals surface area contributed by atoms with Crippen molar-refractivity contribution < 1.29 is 9.59 Å². The number of aryl methyl sites for hydroxylation is 1. The molecule has 1 aromatic rings. The molecule has 0 aliphatic heterocycles. The molecule has 0 fully saturated rings. The van der Waals surface area contributed by atoms with E-state index in [0.29, 0.717) is 17.9 Å². The second-order valence-corrected chi connectivity index (χ2v) is 5.14. The average Bonchev–Trinajstić information content (AvgIpc) is 2.40. The van der Waals surface area contributed by atoms with E-state index in [2.05, 4.69) is 10.6 Å².